The highest BCUT2D eigenvalue weighted by atomic mass is 35.5. The summed E-state index contributed by atoms with van der Waals surface area (Å²) in [7, 11) is 0. The minimum Gasteiger partial charge on any atom is -0.439 e. The zero-order chi connectivity index (χ0) is 17.1. The summed E-state index contributed by atoms with van der Waals surface area (Å²) >= 11 is 6.02. The van der Waals surface area contributed by atoms with E-state index in [-0.39, 0.29) is 24.8 Å². The fourth-order valence-electron chi connectivity index (χ4n) is 2.95. The van der Waals surface area contributed by atoms with E-state index in [1.165, 1.54) is 0 Å². The van der Waals surface area contributed by atoms with Crippen molar-refractivity contribution in [2.45, 2.75) is 32.1 Å². The number of aliphatic hydroxyl groups is 1. The number of aliphatic hydroxyl groups excluding tert-OH is 1. The second-order valence-electron chi connectivity index (χ2n) is 6.11. The van der Waals surface area contributed by atoms with Crippen LogP contribution in [0.25, 0.3) is 0 Å². The van der Waals surface area contributed by atoms with Gasteiger partial charge in [0.15, 0.2) is 0 Å². The average molecular weight is 346 g/mol. The van der Waals surface area contributed by atoms with Gasteiger partial charge in [-0.25, -0.2) is 4.79 Å². The number of hydrogen-bond acceptors (Lipinski definition) is 3. The summed E-state index contributed by atoms with van der Waals surface area (Å²) in [6.45, 7) is 2.58. The van der Waals surface area contributed by atoms with Gasteiger partial charge in [-0.3, -0.25) is 0 Å². The molecule has 0 aliphatic carbocycles. The van der Waals surface area contributed by atoms with Crippen LogP contribution in [0.1, 0.15) is 29.7 Å². The Kier molecular flexibility index (Phi) is 5.07. The van der Waals surface area contributed by atoms with E-state index in [1.54, 1.807) is 11.0 Å². The van der Waals surface area contributed by atoms with Gasteiger partial charge in [0.2, 0.25) is 0 Å². The van der Waals surface area contributed by atoms with E-state index < -0.39 is 0 Å². The van der Waals surface area contributed by atoms with Crippen LogP contribution in [0.2, 0.25) is 5.02 Å². The normalized spacial score (nSPS) is 18.5. The molecule has 1 amide bonds. The van der Waals surface area contributed by atoms with Gasteiger partial charge in [-0.1, -0.05) is 48.0 Å². The molecule has 1 aliphatic heterocycles. The Morgan fingerprint density at radius 3 is 2.62 bits per heavy atom. The highest BCUT2D eigenvalue weighted by Crippen LogP contribution is 2.29. The smallest absolute Gasteiger partial charge is 0.410 e. The lowest BCUT2D eigenvalue weighted by atomic mass is 10.0. The minimum absolute atomic E-state index is 0.0293. The standard InChI is InChI=1S/C19H20ClNO3/c1-13(9-14-5-7-15(12-22)8-6-14)21-11-18(24-19(21)23)16-3-2-4-17(20)10-16/h2-8,10,13,18,22H,9,11-12H2,1H3. The highest BCUT2D eigenvalue weighted by molar-refractivity contribution is 6.30. The van der Waals surface area contributed by atoms with Crippen molar-refractivity contribution in [3.63, 3.8) is 0 Å². The summed E-state index contributed by atoms with van der Waals surface area (Å²) < 4.78 is 5.51. The van der Waals surface area contributed by atoms with Crippen LogP contribution >= 0.6 is 11.6 Å². The molecule has 0 radical (unpaired) electrons. The maximum absolute atomic E-state index is 12.2. The van der Waals surface area contributed by atoms with Crippen LogP contribution in [-0.2, 0) is 17.8 Å². The molecule has 1 aliphatic rings. The first kappa shape index (κ1) is 16.8. The molecule has 2 aromatic carbocycles. The van der Waals surface area contributed by atoms with Crippen molar-refractivity contribution in [2.75, 3.05) is 6.54 Å². The number of halogens is 1. The number of nitrogens with zero attached hydrogens (tertiary/aromatic N) is 1. The topological polar surface area (TPSA) is 49.8 Å². The molecular formula is C19H20ClNO3. The Balaban J connectivity index is 1.66. The van der Waals surface area contributed by atoms with Crippen molar-refractivity contribution in [1.82, 2.24) is 4.90 Å². The number of rotatable bonds is 5. The van der Waals surface area contributed by atoms with Gasteiger partial charge in [-0.2, -0.15) is 0 Å². The lowest BCUT2D eigenvalue weighted by molar-refractivity contribution is 0.129. The molecular weight excluding hydrogens is 326 g/mol. The van der Waals surface area contributed by atoms with E-state index in [0.29, 0.717) is 11.6 Å². The van der Waals surface area contributed by atoms with Crippen molar-refractivity contribution < 1.29 is 14.6 Å². The Morgan fingerprint density at radius 1 is 1.25 bits per heavy atom. The molecule has 0 bridgehead atoms. The summed E-state index contributed by atoms with van der Waals surface area (Å²) in [5.41, 5.74) is 2.92. The van der Waals surface area contributed by atoms with Gasteiger partial charge in [0.1, 0.15) is 6.10 Å². The first-order valence-electron chi connectivity index (χ1n) is 7.98. The molecule has 1 fully saturated rings. The molecule has 2 unspecified atom stereocenters. The minimum atomic E-state index is -0.292. The largest absolute Gasteiger partial charge is 0.439 e. The molecule has 3 rings (SSSR count). The molecule has 4 nitrogen and oxygen atoms in total. The van der Waals surface area contributed by atoms with Crippen molar-refractivity contribution in [3.8, 4) is 0 Å². The molecule has 1 saturated heterocycles. The summed E-state index contributed by atoms with van der Waals surface area (Å²) in [6, 6.07) is 15.2. The van der Waals surface area contributed by atoms with Crippen LogP contribution in [0.5, 0.6) is 0 Å². The van der Waals surface area contributed by atoms with Gasteiger partial charge >= 0.3 is 6.09 Å². The van der Waals surface area contributed by atoms with Gasteiger partial charge in [-0.15, -0.1) is 0 Å². The zero-order valence-electron chi connectivity index (χ0n) is 13.5. The Bertz CT molecular complexity index is 717. The van der Waals surface area contributed by atoms with Crippen LogP contribution in [0.3, 0.4) is 0 Å². The summed E-state index contributed by atoms with van der Waals surface area (Å²) in [5, 5.41) is 9.73. The Morgan fingerprint density at radius 2 is 1.96 bits per heavy atom. The monoisotopic (exact) mass is 345 g/mol. The van der Waals surface area contributed by atoms with Crippen LogP contribution in [-0.4, -0.2) is 28.7 Å². The number of ether oxygens (including phenoxy) is 1. The molecule has 0 aromatic heterocycles. The van der Waals surface area contributed by atoms with E-state index in [1.807, 2.05) is 49.4 Å². The third-order valence-corrected chi connectivity index (χ3v) is 4.56. The average Bonchev–Trinajstić information content (AvgIpc) is 2.97. The van der Waals surface area contributed by atoms with Crippen LogP contribution in [0.15, 0.2) is 48.5 Å². The molecule has 5 heteroatoms. The van der Waals surface area contributed by atoms with Gasteiger partial charge < -0.3 is 14.7 Å². The van der Waals surface area contributed by atoms with Crippen molar-refractivity contribution in [1.29, 1.82) is 0 Å². The van der Waals surface area contributed by atoms with E-state index >= 15 is 0 Å². The quantitative estimate of drug-likeness (QED) is 0.892. The molecule has 24 heavy (non-hydrogen) atoms. The lowest BCUT2D eigenvalue weighted by Gasteiger charge is -2.22. The van der Waals surface area contributed by atoms with E-state index in [0.717, 1.165) is 23.1 Å². The van der Waals surface area contributed by atoms with Gasteiger partial charge in [0.05, 0.1) is 13.2 Å². The third-order valence-electron chi connectivity index (χ3n) is 4.33. The predicted molar refractivity (Wildman–Crippen MR) is 92.9 cm³/mol. The second-order valence-corrected chi connectivity index (χ2v) is 6.54. The SMILES string of the molecule is CC(Cc1ccc(CO)cc1)N1CC(c2cccc(Cl)c2)OC1=O. The number of carbonyl (C=O) groups is 1. The first-order valence-corrected chi connectivity index (χ1v) is 8.36. The lowest BCUT2D eigenvalue weighted by Crippen LogP contribution is -2.35. The summed E-state index contributed by atoms with van der Waals surface area (Å²) in [6.07, 6.45) is 0.165. The first-order chi connectivity index (χ1) is 11.6. The van der Waals surface area contributed by atoms with Crippen LogP contribution in [0, 0.1) is 0 Å². The number of carbonyl (C=O) groups excluding carboxylic acids is 1. The Hall–Kier alpha value is -2.04. The maximum Gasteiger partial charge on any atom is 0.410 e. The van der Waals surface area contributed by atoms with Gasteiger partial charge in [0.25, 0.3) is 0 Å². The number of benzene rings is 2. The fraction of sp³-hybridized carbons (Fsp3) is 0.316. The number of amides is 1. The molecule has 1 heterocycles. The number of hydrogen-bond donors (Lipinski definition) is 1. The van der Waals surface area contributed by atoms with Crippen LogP contribution < -0.4 is 0 Å². The second kappa shape index (κ2) is 7.24. The van der Waals surface area contributed by atoms with Crippen molar-refractivity contribution >= 4 is 17.7 Å². The number of cyclic esters (lactones) is 1. The zero-order valence-corrected chi connectivity index (χ0v) is 14.2. The molecule has 126 valence electrons. The van der Waals surface area contributed by atoms with E-state index in [4.69, 9.17) is 21.4 Å². The van der Waals surface area contributed by atoms with E-state index in [2.05, 4.69) is 0 Å². The molecule has 0 saturated carbocycles. The molecule has 0 spiro atoms. The fourth-order valence-corrected chi connectivity index (χ4v) is 3.15. The van der Waals surface area contributed by atoms with Crippen molar-refractivity contribution in [2.24, 2.45) is 0 Å². The van der Waals surface area contributed by atoms with Gasteiger partial charge in [0, 0.05) is 11.1 Å². The molecule has 2 atom stereocenters. The third kappa shape index (κ3) is 3.71. The van der Waals surface area contributed by atoms with Gasteiger partial charge in [-0.05, 0) is 42.2 Å². The summed E-state index contributed by atoms with van der Waals surface area (Å²) in [5.74, 6) is 0. The maximum atomic E-state index is 12.2. The van der Waals surface area contributed by atoms with E-state index in [9.17, 15) is 4.79 Å². The highest BCUT2D eigenvalue weighted by Gasteiger charge is 2.35. The van der Waals surface area contributed by atoms with Crippen molar-refractivity contribution in [3.05, 3.63) is 70.2 Å². The Labute approximate surface area is 146 Å². The predicted octanol–water partition coefficient (Wildman–Crippen LogP) is 3.96. The van der Waals surface area contributed by atoms with Crippen LogP contribution in [0.4, 0.5) is 4.79 Å². The summed E-state index contributed by atoms with van der Waals surface area (Å²) in [4.78, 5) is 14.0. The molecule has 1 N–H and O–H groups in total. The molecule has 2 aromatic rings.